The smallest absolute Gasteiger partial charge is 0.404 e. The minimum Gasteiger partial charge on any atom is -0.465 e. The summed E-state index contributed by atoms with van der Waals surface area (Å²) in [5, 5.41) is 22.0. The average Bonchev–Trinajstić information content (AvgIpc) is 3.73. The van der Waals surface area contributed by atoms with Crippen LogP contribution in [0.2, 0.25) is 0 Å². The number of ketones is 1. The molecule has 1 aromatic rings. The highest BCUT2D eigenvalue weighted by molar-refractivity contribution is 6.38. The quantitative estimate of drug-likeness (QED) is 0.0587. The first-order valence-electron chi connectivity index (χ1n) is 22.5. The monoisotopic (exact) mass is 888 g/mol. The summed E-state index contributed by atoms with van der Waals surface area (Å²) in [4.78, 5) is 88.4. The van der Waals surface area contributed by atoms with Crippen LogP contribution in [0.1, 0.15) is 139 Å². The maximum absolute atomic E-state index is 14.1. The molecular weight excluding hydrogens is 803 g/mol. The van der Waals surface area contributed by atoms with Gasteiger partial charge in [-0.3, -0.25) is 19.2 Å². The number of carbonyl (C=O) groups is 7. The van der Waals surface area contributed by atoms with Crippen LogP contribution >= 0.6 is 0 Å². The maximum atomic E-state index is 14.1. The lowest BCUT2D eigenvalue weighted by atomic mass is 9.84. The van der Waals surface area contributed by atoms with Crippen molar-refractivity contribution in [1.29, 1.82) is 0 Å². The first-order chi connectivity index (χ1) is 29.4. The summed E-state index contributed by atoms with van der Waals surface area (Å²) in [6.07, 6.45) is 5.40. The number of hydrogen-bond donors (Lipinski definition) is 6. The fourth-order valence-corrected chi connectivity index (χ4v) is 6.39. The van der Waals surface area contributed by atoms with Gasteiger partial charge >= 0.3 is 12.1 Å². The fraction of sp³-hybridized carbons (Fsp3) is 0.688. The molecule has 2 rings (SSSR count). The van der Waals surface area contributed by atoms with Crippen molar-refractivity contribution in [3.05, 3.63) is 48.0 Å². The molecule has 1 saturated heterocycles. The predicted octanol–water partition coefficient (Wildman–Crippen LogP) is 7.01. The SMILES string of the molecule is C=CCNC(=O)C(=O)C(CCCC)NC(=O)C1CCCN1C(=O)C(NC(=O)NC(CN(C)CCC(C)(C)CC)C(C)(C)C)C(C)(C)C.C=O.CC.Cc1ccccc1CNC(=O)O. The lowest BCUT2D eigenvalue weighted by Gasteiger charge is -2.38. The van der Waals surface area contributed by atoms with Crippen LogP contribution in [0.3, 0.4) is 0 Å². The van der Waals surface area contributed by atoms with Gasteiger partial charge in [0, 0.05) is 32.2 Å². The number of aryl methyl sites for hydroxylation is 1. The number of likely N-dealkylation sites (tertiary alicyclic amines) is 1. The number of likely N-dealkylation sites (N-methyl/N-ethyl adjacent to an activating group) is 1. The molecule has 0 radical (unpaired) electrons. The van der Waals surface area contributed by atoms with Crippen molar-refractivity contribution >= 4 is 42.4 Å². The van der Waals surface area contributed by atoms with Crippen molar-refractivity contribution < 1.29 is 38.7 Å². The Bertz CT molecular complexity index is 1570. The zero-order valence-electron chi connectivity index (χ0n) is 41.3. The van der Waals surface area contributed by atoms with Gasteiger partial charge in [0.2, 0.25) is 17.6 Å². The van der Waals surface area contributed by atoms with E-state index in [-0.39, 0.29) is 29.3 Å². The molecule has 0 bridgehead atoms. The second-order valence-electron chi connectivity index (χ2n) is 18.7. The van der Waals surface area contributed by atoms with Crippen LogP contribution in [0.4, 0.5) is 9.59 Å². The van der Waals surface area contributed by atoms with Gasteiger partial charge in [-0.05, 0) is 73.6 Å². The number of benzene rings is 1. The number of amides is 6. The molecule has 4 atom stereocenters. The van der Waals surface area contributed by atoms with Gasteiger partial charge in [0.15, 0.2) is 0 Å². The van der Waals surface area contributed by atoms with Crippen LogP contribution in [0.5, 0.6) is 0 Å². The van der Waals surface area contributed by atoms with E-state index in [2.05, 4.69) is 86.7 Å². The van der Waals surface area contributed by atoms with Gasteiger partial charge in [-0.2, -0.15) is 0 Å². The molecule has 1 aliphatic rings. The molecule has 15 heteroatoms. The number of rotatable bonds is 20. The number of nitrogens with zero attached hydrogens (tertiary/aromatic N) is 2. The molecule has 6 N–H and O–H groups in total. The molecule has 360 valence electrons. The number of Topliss-reactive ketones (excluding diaryl/α,β-unsaturated/α-hetero) is 1. The van der Waals surface area contributed by atoms with E-state index < -0.39 is 53.3 Å². The average molecular weight is 888 g/mol. The van der Waals surface area contributed by atoms with E-state index in [0.29, 0.717) is 45.3 Å². The van der Waals surface area contributed by atoms with Gasteiger partial charge in [0.1, 0.15) is 18.9 Å². The van der Waals surface area contributed by atoms with Crippen molar-refractivity contribution in [3.8, 4) is 0 Å². The topological polar surface area (TPSA) is 206 Å². The molecule has 0 aromatic heterocycles. The Kier molecular flexibility index (Phi) is 29.0. The number of urea groups is 1. The van der Waals surface area contributed by atoms with Crippen LogP contribution in [0, 0.1) is 23.2 Å². The molecule has 0 saturated carbocycles. The largest absolute Gasteiger partial charge is 0.465 e. The molecule has 63 heavy (non-hydrogen) atoms. The summed E-state index contributed by atoms with van der Waals surface area (Å²) in [5.74, 6) is -2.32. The summed E-state index contributed by atoms with van der Waals surface area (Å²) in [6, 6.07) is 4.37. The highest BCUT2D eigenvalue weighted by Crippen LogP contribution is 2.28. The Morgan fingerprint density at radius 2 is 1.52 bits per heavy atom. The summed E-state index contributed by atoms with van der Waals surface area (Å²) >= 11 is 0. The lowest BCUT2D eigenvalue weighted by Crippen LogP contribution is -2.61. The van der Waals surface area contributed by atoms with E-state index in [1.54, 1.807) is 0 Å². The third kappa shape index (κ3) is 23.5. The molecule has 1 fully saturated rings. The number of carbonyl (C=O) groups excluding carboxylic acids is 6. The zero-order chi connectivity index (χ0) is 49.1. The lowest BCUT2D eigenvalue weighted by molar-refractivity contribution is -0.143. The van der Waals surface area contributed by atoms with E-state index in [1.165, 1.54) is 11.0 Å². The number of hydrogen-bond acceptors (Lipinski definition) is 8. The predicted molar refractivity (Wildman–Crippen MR) is 253 cm³/mol. The van der Waals surface area contributed by atoms with Crippen molar-refractivity contribution in [1.82, 2.24) is 36.4 Å². The van der Waals surface area contributed by atoms with Gasteiger partial charge in [-0.1, -0.05) is 133 Å². The summed E-state index contributed by atoms with van der Waals surface area (Å²) < 4.78 is 0. The van der Waals surface area contributed by atoms with Crippen LogP contribution in [0.15, 0.2) is 36.9 Å². The fourth-order valence-electron chi connectivity index (χ4n) is 6.39. The standard InChI is InChI=1S/C36H66N6O5.C9H11NO2.C2H6.CH2O/c1-13-16-18-25(28(43)31(45)37-21-14-2)38-30(44)26-19-17-22-42(26)32(46)29(35(7,8)9)40-33(47)39-27(34(4,5)6)24-41(12)23-20-36(10,11)15-3;1-7-4-2-3-5-8(7)6-10-9(11)12;2*1-2/h14,25-27,29H,2,13,15-24H2,1,3-12H3,(H,37,45)(H,38,44)(H2,39,40,47);2-5,10H,6H2,1H3,(H,11,12);1-2H3;1H2. The highest BCUT2D eigenvalue weighted by Gasteiger charge is 2.43. The maximum Gasteiger partial charge on any atom is 0.404 e. The van der Waals surface area contributed by atoms with Gasteiger partial charge in [-0.25, -0.2) is 9.59 Å². The molecule has 4 unspecified atom stereocenters. The number of carboxylic acid groups (broad SMARTS) is 1. The minimum absolute atomic E-state index is 0.142. The van der Waals surface area contributed by atoms with E-state index in [0.717, 1.165) is 36.9 Å². The van der Waals surface area contributed by atoms with Crippen molar-refractivity contribution in [2.24, 2.45) is 16.2 Å². The first-order valence-corrected chi connectivity index (χ1v) is 22.5. The normalized spacial score (nSPS) is 15.0. The van der Waals surface area contributed by atoms with E-state index in [4.69, 9.17) is 9.90 Å². The van der Waals surface area contributed by atoms with Gasteiger partial charge < -0.3 is 46.3 Å². The third-order valence-corrected chi connectivity index (χ3v) is 11.0. The third-order valence-electron chi connectivity index (χ3n) is 11.0. The Labute approximate surface area is 379 Å². The van der Waals surface area contributed by atoms with E-state index in [9.17, 15) is 28.8 Å². The van der Waals surface area contributed by atoms with Crippen LogP contribution < -0.4 is 26.6 Å². The second kappa shape index (κ2) is 30.3. The number of nitrogens with one attached hydrogen (secondary N) is 5. The van der Waals surface area contributed by atoms with E-state index in [1.807, 2.05) is 79.5 Å². The van der Waals surface area contributed by atoms with Gasteiger partial charge in [-0.15, -0.1) is 6.58 Å². The Morgan fingerprint density at radius 1 is 0.921 bits per heavy atom. The summed E-state index contributed by atoms with van der Waals surface area (Å²) in [7, 11) is 2.07. The number of unbranched alkanes of at least 4 members (excludes halogenated alkanes) is 1. The van der Waals surface area contributed by atoms with Crippen molar-refractivity contribution in [3.63, 3.8) is 0 Å². The van der Waals surface area contributed by atoms with E-state index >= 15 is 0 Å². The second-order valence-corrected chi connectivity index (χ2v) is 18.7. The molecule has 0 aliphatic carbocycles. The van der Waals surface area contributed by atoms with Crippen molar-refractivity contribution in [2.75, 3.05) is 33.2 Å². The van der Waals surface area contributed by atoms with Gasteiger partial charge in [0.25, 0.3) is 5.91 Å². The van der Waals surface area contributed by atoms with Crippen molar-refractivity contribution in [2.45, 2.75) is 166 Å². The Balaban J connectivity index is 0. The molecular formula is C48H85N7O8. The molecule has 1 aliphatic heterocycles. The van der Waals surface area contributed by atoms with Gasteiger partial charge in [0.05, 0.1) is 6.04 Å². The van der Waals surface area contributed by atoms with Crippen LogP contribution in [0.25, 0.3) is 0 Å². The van der Waals surface area contributed by atoms with Crippen LogP contribution in [-0.4, -0.2) is 115 Å². The molecule has 6 amide bonds. The first kappa shape index (κ1) is 60.3. The summed E-state index contributed by atoms with van der Waals surface area (Å²) in [6.45, 7) is 34.5. The molecule has 15 nitrogen and oxygen atoms in total. The molecule has 1 heterocycles. The zero-order valence-corrected chi connectivity index (χ0v) is 41.3. The molecule has 0 spiro atoms. The Morgan fingerprint density at radius 3 is 2.03 bits per heavy atom. The Hall–Kier alpha value is -4.79. The minimum atomic E-state index is -0.993. The summed E-state index contributed by atoms with van der Waals surface area (Å²) in [5.41, 5.74) is 1.47. The highest BCUT2D eigenvalue weighted by atomic mass is 16.4. The molecule has 1 aromatic carbocycles. The van der Waals surface area contributed by atoms with Crippen LogP contribution in [-0.2, 0) is 30.5 Å².